The Balaban J connectivity index is 2.49. The molecular weight excluding hydrogens is 328 g/mol. The summed E-state index contributed by atoms with van der Waals surface area (Å²) in [4.78, 5) is 10.0. The third-order valence-corrected chi connectivity index (χ3v) is 5.10. The molecule has 0 amide bonds. The highest BCUT2D eigenvalue weighted by Crippen LogP contribution is 2.27. The molecule has 2 aromatic rings. The van der Waals surface area contributed by atoms with Gasteiger partial charge in [-0.2, -0.15) is 0 Å². The van der Waals surface area contributed by atoms with Crippen molar-refractivity contribution in [3.63, 3.8) is 0 Å². The number of benzene rings is 2. The molecule has 2 rings (SSSR count). The topological polar surface area (TPSA) is 89.3 Å². The molecule has 0 saturated heterocycles. The SMILES string of the molecule is Cc1ccc([N+](=O)[O-])cc1S(=O)(=O)Nc1cccc(Cl)c1C. The van der Waals surface area contributed by atoms with E-state index in [0.29, 0.717) is 21.8 Å². The fraction of sp³-hybridized carbons (Fsp3) is 0.143. The van der Waals surface area contributed by atoms with Gasteiger partial charge in [-0.3, -0.25) is 14.8 Å². The van der Waals surface area contributed by atoms with Gasteiger partial charge in [0.1, 0.15) is 0 Å². The quantitative estimate of drug-likeness (QED) is 0.679. The maximum absolute atomic E-state index is 12.5. The van der Waals surface area contributed by atoms with E-state index >= 15 is 0 Å². The smallest absolute Gasteiger partial charge is 0.270 e. The van der Waals surface area contributed by atoms with E-state index in [4.69, 9.17) is 11.6 Å². The van der Waals surface area contributed by atoms with E-state index in [1.165, 1.54) is 12.1 Å². The molecule has 0 aliphatic heterocycles. The van der Waals surface area contributed by atoms with E-state index in [2.05, 4.69) is 4.72 Å². The van der Waals surface area contributed by atoms with Crippen LogP contribution >= 0.6 is 11.6 Å². The van der Waals surface area contributed by atoms with Gasteiger partial charge in [0.25, 0.3) is 15.7 Å². The number of halogens is 1. The van der Waals surface area contributed by atoms with Crippen LogP contribution in [-0.2, 0) is 10.0 Å². The van der Waals surface area contributed by atoms with Crippen molar-refractivity contribution >= 4 is 33.0 Å². The number of rotatable bonds is 4. The molecule has 0 atom stereocenters. The molecule has 6 nitrogen and oxygen atoms in total. The lowest BCUT2D eigenvalue weighted by Crippen LogP contribution is -2.15. The second kappa shape index (κ2) is 5.94. The number of nitrogens with one attached hydrogen (secondary N) is 1. The van der Waals surface area contributed by atoms with Crippen molar-refractivity contribution in [3.8, 4) is 0 Å². The predicted octanol–water partition coefficient (Wildman–Crippen LogP) is 3.67. The average Bonchev–Trinajstić information content (AvgIpc) is 2.43. The summed E-state index contributed by atoms with van der Waals surface area (Å²) in [5.74, 6) is 0. The molecule has 116 valence electrons. The molecule has 0 saturated carbocycles. The van der Waals surface area contributed by atoms with E-state index in [1.807, 2.05) is 0 Å². The zero-order valence-corrected chi connectivity index (χ0v) is 13.4. The van der Waals surface area contributed by atoms with Crippen LogP contribution in [0.25, 0.3) is 0 Å². The van der Waals surface area contributed by atoms with Crippen LogP contribution in [0.1, 0.15) is 11.1 Å². The maximum atomic E-state index is 12.5. The van der Waals surface area contributed by atoms with Crippen LogP contribution in [0.5, 0.6) is 0 Å². The number of non-ortho nitro benzene ring substituents is 1. The Morgan fingerprint density at radius 2 is 1.86 bits per heavy atom. The van der Waals surface area contributed by atoms with Crippen molar-refractivity contribution in [2.45, 2.75) is 18.7 Å². The van der Waals surface area contributed by atoms with Crippen LogP contribution < -0.4 is 4.72 Å². The fourth-order valence-corrected chi connectivity index (χ4v) is 3.47. The molecule has 0 aliphatic carbocycles. The Bertz CT molecular complexity index is 850. The lowest BCUT2D eigenvalue weighted by atomic mass is 10.2. The number of nitro groups is 1. The zero-order chi connectivity index (χ0) is 16.5. The highest BCUT2D eigenvalue weighted by molar-refractivity contribution is 7.92. The first-order valence-electron chi connectivity index (χ1n) is 6.25. The summed E-state index contributed by atoms with van der Waals surface area (Å²) in [5, 5.41) is 11.2. The molecule has 0 aliphatic rings. The summed E-state index contributed by atoms with van der Waals surface area (Å²) in [5.41, 5.74) is 1.04. The molecule has 0 aromatic heterocycles. The largest absolute Gasteiger partial charge is 0.279 e. The highest BCUT2D eigenvalue weighted by Gasteiger charge is 2.21. The Kier molecular flexibility index (Phi) is 4.39. The molecule has 8 heteroatoms. The minimum atomic E-state index is -3.95. The van der Waals surface area contributed by atoms with Gasteiger partial charge in [-0.05, 0) is 37.1 Å². The van der Waals surface area contributed by atoms with Crippen LogP contribution in [0.15, 0.2) is 41.3 Å². The first kappa shape index (κ1) is 16.3. The summed E-state index contributed by atoms with van der Waals surface area (Å²) in [6, 6.07) is 8.54. The van der Waals surface area contributed by atoms with Crippen LogP contribution in [0.3, 0.4) is 0 Å². The highest BCUT2D eigenvalue weighted by atomic mass is 35.5. The molecule has 0 unspecified atom stereocenters. The van der Waals surface area contributed by atoms with Gasteiger partial charge in [0.05, 0.1) is 15.5 Å². The molecule has 0 radical (unpaired) electrons. The third kappa shape index (κ3) is 3.20. The molecule has 1 N–H and O–H groups in total. The second-order valence-corrected chi connectivity index (χ2v) is 6.78. The van der Waals surface area contributed by atoms with Crippen LogP contribution in [0.4, 0.5) is 11.4 Å². The molecule has 22 heavy (non-hydrogen) atoms. The first-order chi connectivity index (χ1) is 10.2. The summed E-state index contributed by atoms with van der Waals surface area (Å²) in [6.07, 6.45) is 0. The summed E-state index contributed by atoms with van der Waals surface area (Å²) < 4.78 is 27.4. The summed E-state index contributed by atoms with van der Waals surface area (Å²) in [6.45, 7) is 3.25. The molecular formula is C14H13ClN2O4S. The van der Waals surface area contributed by atoms with E-state index in [9.17, 15) is 18.5 Å². The summed E-state index contributed by atoms with van der Waals surface area (Å²) >= 11 is 5.96. The fourth-order valence-electron chi connectivity index (χ4n) is 1.91. The number of aryl methyl sites for hydroxylation is 1. The van der Waals surface area contributed by atoms with Crippen molar-refractivity contribution < 1.29 is 13.3 Å². The van der Waals surface area contributed by atoms with Gasteiger partial charge >= 0.3 is 0 Å². The van der Waals surface area contributed by atoms with Crippen molar-refractivity contribution in [3.05, 3.63) is 62.7 Å². The van der Waals surface area contributed by atoms with E-state index in [0.717, 1.165) is 6.07 Å². The molecule has 0 fully saturated rings. The van der Waals surface area contributed by atoms with Gasteiger partial charge in [-0.1, -0.05) is 23.7 Å². The van der Waals surface area contributed by atoms with Crippen LogP contribution in [0.2, 0.25) is 5.02 Å². The molecule has 0 spiro atoms. The van der Waals surface area contributed by atoms with Gasteiger partial charge in [0.2, 0.25) is 0 Å². The Hall–Kier alpha value is -2.12. The Labute approximate surface area is 132 Å². The Morgan fingerprint density at radius 1 is 1.18 bits per heavy atom. The van der Waals surface area contributed by atoms with Crippen molar-refractivity contribution in [1.29, 1.82) is 0 Å². The maximum Gasteiger partial charge on any atom is 0.270 e. The number of hydrogen-bond donors (Lipinski definition) is 1. The molecule has 0 heterocycles. The zero-order valence-electron chi connectivity index (χ0n) is 11.8. The molecule has 2 aromatic carbocycles. The third-order valence-electron chi connectivity index (χ3n) is 3.18. The number of nitrogens with zero attached hydrogens (tertiary/aromatic N) is 1. The number of nitro benzene ring substituents is 1. The average molecular weight is 341 g/mol. The van der Waals surface area contributed by atoms with Gasteiger partial charge in [0.15, 0.2) is 0 Å². The number of anilines is 1. The Morgan fingerprint density at radius 3 is 2.50 bits per heavy atom. The monoisotopic (exact) mass is 340 g/mol. The molecule has 0 bridgehead atoms. The predicted molar refractivity (Wildman–Crippen MR) is 84.8 cm³/mol. The first-order valence-corrected chi connectivity index (χ1v) is 8.11. The minimum Gasteiger partial charge on any atom is -0.279 e. The van der Waals surface area contributed by atoms with Gasteiger partial charge in [-0.15, -0.1) is 0 Å². The number of sulfonamides is 1. The number of hydrogen-bond acceptors (Lipinski definition) is 4. The van der Waals surface area contributed by atoms with E-state index in [1.54, 1.807) is 32.0 Å². The van der Waals surface area contributed by atoms with Gasteiger partial charge in [-0.25, -0.2) is 8.42 Å². The van der Waals surface area contributed by atoms with Gasteiger partial charge < -0.3 is 0 Å². The summed E-state index contributed by atoms with van der Waals surface area (Å²) in [7, 11) is -3.95. The standard InChI is InChI=1S/C14H13ClN2O4S/c1-9-6-7-11(17(18)19)8-14(9)22(20,21)16-13-5-3-4-12(15)10(13)2/h3-8,16H,1-2H3. The van der Waals surface area contributed by atoms with E-state index in [-0.39, 0.29) is 10.6 Å². The van der Waals surface area contributed by atoms with Crippen molar-refractivity contribution in [2.24, 2.45) is 0 Å². The van der Waals surface area contributed by atoms with Crippen LogP contribution in [-0.4, -0.2) is 13.3 Å². The van der Waals surface area contributed by atoms with Crippen LogP contribution in [0, 0.1) is 24.0 Å². The normalized spacial score (nSPS) is 11.2. The van der Waals surface area contributed by atoms with Gasteiger partial charge in [0, 0.05) is 17.2 Å². The van der Waals surface area contributed by atoms with E-state index < -0.39 is 14.9 Å². The minimum absolute atomic E-state index is 0.138. The van der Waals surface area contributed by atoms with Crippen molar-refractivity contribution in [2.75, 3.05) is 4.72 Å². The second-order valence-electron chi connectivity index (χ2n) is 4.72. The lowest BCUT2D eigenvalue weighted by Gasteiger charge is -2.12. The lowest BCUT2D eigenvalue weighted by molar-refractivity contribution is -0.385. The van der Waals surface area contributed by atoms with Crippen molar-refractivity contribution in [1.82, 2.24) is 0 Å².